The lowest BCUT2D eigenvalue weighted by atomic mass is 9.72. The normalized spacial score (nSPS) is 22.6. The molecular formula is C22H27BrO3. The molecule has 0 radical (unpaired) electrons. The highest BCUT2D eigenvalue weighted by Crippen LogP contribution is 2.41. The van der Waals surface area contributed by atoms with Crippen LogP contribution >= 0.6 is 15.9 Å². The van der Waals surface area contributed by atoms with Crippen LogP contribution in [-0.4, -0.2) is 23.4 Å². The Bertz CT molecular complexity index is 684. The Balaban J connectivity index is 1.83. The van der Waals surface area contributed by atoms with Gasteiger partial charge in [0.1, 0.15) is 5.75 Å². The zero-order valence-corrected chi connectivity index (χ0v) is 16.7. The van der Waals surface area contributed by atoms with E-state index in [4.69, 9.17) is 4.74 Å². The summed E-state index contributed by atoms with van der Waals surface area (Å²) in [7, 11) is 1.64. The summed E-state index contributed by atoms with van der Waals surface area (Å²) in [6.07, 6.45) is 3.85. The number of halogens is 1. The minimum atomic E-state index is -0.566. The highest BCUT2D eigenvalue weighted by atomic mass is 79.9. The van der Waals surface area contributed by atoms with Crippen LogP contribution in [0.2, 0.25) is 0 Å². The van der Waals surface area contributed by atoms with Gasteiger partial charge in [-0.05, 0) is 66.5 Å². The number of aliphatic hydroxyl groups excluding tert-OH is 2. The number of benzene rings is 2. The second-order valence-corrected chi connectivity index (χ2v) is 8.11. The summed E-state index contributed by atoms with van der Waals surface area (Å²) in [5, 5.41) is 21.5. The van der Waals surface area contributed by atoms with Gasteiger partial charge in [0.25, 0.3) is 0 Å². The summed E-state index contributed by atoms with van der Waals surface area (Å²) in [6, 6.07) is 15.9. The second kappa shape index (κ2) is 9.03. The van der Waals surface area contributed by atoms with Crippen LogP contribution in [0, 0.1) is 5.92 Å². The minimum Gasteiger partial charge on any atom is -0.497 e. The molecule has 1 fully saturated rings. The van der Waals surface area contributed by atoms with Gasteiger partial charge in [-0.1, -0.05) is 53.0 Å². The van der Waals surface area contributed by atoms with Gasteiger partial charge in [0.15, 0.2) is 0 Å². The van der Waals surface area contributed by atoms with Crippen LogP contribution in [-0.2, 0) is 0 Å². The van der Waals surface area contributed by atoms with Gasteiger partial charge in [-0.3, -0.25) is 0 Å². The van der Waals surface area contributed by atoms with Gasteiger partial charge in [0, 0.05) is 4.47 Å². The van der Waals surface area contributed by atoms with Crippen molar-refractivity contribution >= 4 is 15.9 Å². The first-order chi connectivity index (χ1) is 12.6. The minimum absolute atomic E-state index is 0.135. The van der Waals surface area contributed by atoms with E-state index in [0.29, 0.717) is 6.42 Å². The van der Waals surface area contributed by atoms with Crippen LogP contribution in [0.5, 0.6) is 5.75 Å². The van der Waals surface area contributed by atoms with E-state index < -0.39 is 6.10 Å². The van der Waals surface area contributed by atoms with Gasteiger partial charge < -0.3 is 14.9 Å². The quantitative estimate of drug-likeness (QED) is 0.675. The maximum Gasteiger partial charge on any atom is 0.118 e. The molecule has 0 aliphatic heterocycles. The maximum absolute atomic E-state index is 10.9. The molecule has 0 amide bonds. The van der Waals surface area contributed by atoms with Crippen LogP contribution in [0.3, 0.4) is 0 Å². The summed E-state index contributed by atoms with van der Waals surface area (Å²) in [4.78, 5) is 0. The molecular weight excluding hydrogens is 392 g/mol. The molecule has 140 valence electrons. The van der Waals surface area contributed by atoms with Gasteiger partial charge in [0.2, 0.25) is 0 Å². The molecule has 3 rings (SSSR count). The molecule has 4 atom stereocenters. The van der Waals surface area contributed by atoms with Crippen LogP contribution in [0.4, 0.5) is 0 Å². The Labute approximate surface area is 164 Å². The fraction of sp³-hybridized carbons (Fsp3) is 0.455. The summed E-state index contributed by atoms with van der Waals surface area (Å²) < 4.78 is 6.24. The van der Waals surface area contributed by atoms with Crippen molar-refractivity contribution in [1.29, 1.82) is 0 Å². The molecule has 2 aromatic rings. The maximum atomic E-state index is 10.9. The summed E-state index contributed by atoms with van der Waals surface area (Å²) >= 11 is 3.49. The molecule has 0 aromatic heterocycles. The van der Waals surface area contributed by atoms with Crippen molar-refractivity contribution in [2.75, 3.05) is 7.11 Å². The monoisotopic (exact) mass is 418 g/mol. The van der Waals surface area contributed by atoms with Crippen LogP contribution < -0.4 is 4.74 Å². The van der Waals surface area contributed by atoms with Gasteiger partial charge in [0.05, 0.1) is 19.3 Å². The summed E-state index contributed by atoms with van der Waals surface area (Å²) in [5.41, 5.74) is 2.07. The molecule has 4 heteroatoms. The van der Waals surface area contributed by atoms with Crippen molar-refractivity contribution in [2.45, 2.75) is 50.2 Å². The molecule has 26 heavy (non-hydrogen) atoms. The predicted octanol–water partition coefficient (Wildman–Crippen LogP) is 5.22. The Morgan fingerprint density at radius 1 is 1.00 bits per heavy atom. The summed E-state index contributed by atoms with van der Waals surface area (Å²) in [5.74, 6) is 1.11. The van der Waals surface area contributed by atoms with E-state index in [1.165, 1.54) is 5.56 Å². The molecule has 0 saturated heterocycles. The summed E-state index contributed by atoms with van der Waals surface area (Å²) in [6.45, 7) is 0. The third kappa shape index (κ3) is 4.67. The average molecular weight is 419 g/mol. The molecule has 1 saturated carbocycles. The third-order valence-corrected chi connectivity index (χ3v) is 6.10. The first-order valence-electron chi connectivity index (χ1n) is 9.34. The lowest BCUT2D eigenvalue weighted by Crippen LogP contribution is -2.30. The van der Waals surface area contributed by atoms with Crippen LogP contribution in [0.1, 0.15) is 55.3 Å². The van der Waals surface area contributed by atoms with E-state index in [2.05, 4.69) is 28.1 Å². The standard InChI is InChI=1S/C22H27BrO3/c1-26-18-12-8-16(9-13-18)22(25)14-20(15-6-10-17(23)11-7-15)19-4-2-3-5-21(19)24/h6-13,19-22,24-25H,2-5,14H2,1H3/t19-,20-,21-,22+/m0/s1. The zero-order chi connectivity index (χ0) is 18.5. The fourth-order valence-electron chi connectivity index (χ4n) is 4.08. The van der Waals surface area contributed by atoms with Gasteiger partial charge in [-0.15, -0.1) is 0 Å². The van der Waals surface area contributed by atoms with Crippen LogP contribution in [0.15, 0.2) is 53.0 Å². The third-order valence-electron chi connectivity index (χ3n) is 5.57. The molecule has 0 spiro atoms. The molecule has 0 heterocycles. The number of rotatable bonds is 6. The molecule has 2 N–H and O–H groups in total. The Kier molecular flexibility index (Phi) is 6.74. The van der Waals surface area contributed by atoms with Crippen molar-refractivity contribution in [3.63, 3.8) is 0 Å². The molecule has 1 aliphatic rings. The largest absolute Gasteiger partial charge is 0.497 e. The molecule has 1 aliphatic carbocycles. The molecule has 0 bridgehead atoms. The average Bonchev–Trinajstić information content (AvgIpc) is 2.67. The molecule has 0 unspecified atom stereocenters. The number of hydrogen-bond acceptors (Lipinski definition) is 3. The van der Waals surface area contributed by atoms with Crippen LogP contribution in [0.25, 0.3) is 0 Å². The van der Waals surface area contributed by atoms with E-state index >= 15 is 0 Å². The fourth-order valence-corrected chi connectivity index (χ4v) is 4.34. The Morgan fingerprint density at radius 3 is 2.23 bits per heavy atom. The smallest absolute Gasteiger partial charge is 0.118 e. The van der Waals surface area contributed by atoms with Gasteiger partial charge in [-0.2, -0.15) is 0 Å². The van der Waals surface area contributed by atoms with E-state index in [1.807, 2.05) is 36.4 Å². The van der Waals surface area contributed by atoms with Gasteiger partial charge >= 0.3 is 0 Å². The number of methoxy groups -OCH3 is 1. The zero-order valence-electron chi connectivity index (χ0n) is 15.1. The number of ether oxygens (including phenoxy) is 1. The van der Waals surface area contributed by atoms with Crippen molar-refractivity contribution in [2.24, 2.45) is 5.92 Å². The SMILES string of the molecule is COc1ccc([C@H](O)C[C@@H](c2ccc(Br)cc2)[C@@H]2CCCC[C@@H]2O)cc1. The van der Waals surface area contributed by atoms with Crippen molar-refractivity contribution in [3.8, 4) is 5.75 Å². The lowest BCUT2D eigenvalue weighted by molar-refractivity contribution is 0.0401. The predicted molar refractivity (Wildman–Crippen MR) is 107 cm³/mol. The first-order valence-corrected chi connectivity index (χ1v) is 10.1. The number of aliphatic hydroxyl groups is 2. The lowest BCUT2D eigenvalue weighted by Gasteiger charge is -2.36. The topological polar surface area (TPSA) is 49.7 Å². The van der Waals surface area contributed by atoms with Gasteiger partial charge in [-0.25, -0.2) is 0 Å². The van der Waals surface area contributed by atoms with Crippen molar-refractivity contribution in [1.82, 2.24) is 0 Å². The van der Waals surface area contributed by atoms with E-state index in [-0.39, 0.29) is 17.9 Å². The Morgan fingerprint density at radius 2 is 1.62 bits per heavy atom. The Hall–Kier alpha value is -1.36. The van der Waals surface area contributed by atoms with Crippen molar-refractivity contribution in [3.05, 3.63) is 64.1 Å². The molecule has 2 aromatic carbocycles. The molecule has 3 nitrogen and oxygen atoms in total. The van der Waals surface area contributed by atoms with E-state index in [0.717, 1.165) is 41.5 Å². The van der Waals surface area contributed by atoms with E-state index in [9.17, 15) is 10.2 Å². The first kappa shape index (κ1) is 19.4. The van der Waals surface area contributed by atoms with Crippen molar-refractivity contribution < 1.29 is 14.9 Å². The highest BCUT2D eigenvalue weighted by molar-refractivity contribution is 9.10. The van der Waals surface area contributed by atoms with E-state index in [1.54, 1.807) is 7.11 Å². The number of hydrogen-bond donors (Lipinski definition) is 2. The highest BCUT2D eigenvalue weighted by Gasteiger charge is 2.33. The second-order valence-electron chi connectivity index (χ2n) is 7.20.